The van der Waals surface area contributed by atoms with Crippen LogP contribution in [-0.4, -0.2) is 13.1 Å². The maximum Gasteiger partial charge on any atom is 0.348 e. The number of methoxy groups -OCH3 is 1. The summed E-state index contributed by atoms with van der Waals surface area (Å²) in [6, 6.07) is 16.3. The molecule has 0 aliphatic carbocycles. The van der Waals surface area contributed by atoms with Crippen LogP contribution >= 0.6 is 11.3 Å². The molecule has 0 amide bonds. The largest absolute Gasteiger partial charge is 0.465 e. The van der Waals surface area contributed by atoms with Crippen LogP contribution in [-0.2, 0) is 4.74 Å². The Kier molecular flexibility index (Phi) is 3.28. The van der Waals surface area contributed by atoms with E-state index in [0.717, 1.165) is 10.1 Å². The summed E-state index contributed by atoms with van der Waals surface area (Å²) in [6.07, 6.45) is 0. The van der Waals surface area contributed by atoms with Crippen LogP contribution in [0.15, 0.2) is 48.5 Å². The lowest BCUT2D eigenvalue weighted by Crippen LogP contribution is -1.96. The molecule has 0 saturated carbocycles. The molecule has 2 nitrogen and oxygen atoms in total. The average Bonchev–Trinajstić information content (AvgIpc) is 2.91. The van der Waals surface area contributed by atoms with Gasteiger partial charge in [0.05, 0.1) is 7.11 Å². The third kappa shape index (κ3) is 2.10. The van der Waals surface area contributed by atoms with Gasteiger partial charge >= 0.3 is 5.97 Å². The summed E-state index contributed by atoms with van der Waals surface area (Å²) in [7, 11) is 1.41. The van der Waals surface area contributed by atoms with Crippen LogP contribution < -0.4 is 0 Å². The van der Waals surface area contributed by atoms with Crippen molar-refractivity contribution in [2.75, 3.05) is 7.11 Å². The van der Waals surface area contributed by atoms with Crippen LogP contribution in [0.4, 0.5) is 0 Å². The third-order valence-electron chi connectivity index (χ3n) is 3.37. The van der Waals surface area contributed by atoms with Crippen LogP contribution in [0.5, 0.6) is 0 Å². The molecule has 2 aromatic carbocycles. The van der Waals surface area contributed by atoms with Crippen molar-refractivity contribution < 1.29 is 9.53 Å². The van der Waals surface area contributed by atoms with E-state index < -0.39 is 0 Å². The summed E-state index contributed by atoms with van der Waals surface area (Å²) in [4.78, 5) is 12.3. The number of ether oxygens (including phenoxy) is 1. The number of esters is 1. The van der Waals surface area contributed by atoms with Crippen LogP contribution in [0.2, 0.25) is 0 Å². The Morgan fingerprint density at radius 1 is 1.05 bits per heavy atom. The van der Waals surface area contributed by atoms with Gasteiger partial charge in [-0.05, 0) is 35.1 Å². The number of benzene rings is 2. The fraction of sp³-hybridized carbons (Fsp3) is 0.118. The predicted octanol–water partition coefficient (Wildman–Crippen LogP) is 4.66. The molecule has 0 fully saturated rings. The molecule has 100 valence electrons. The number of rotatable bonds is 2. The van der Waals surface area contributed by atoms with Crippen molar-refractivity contribution in [3.05, 3.63) is 59.0 Å². The van der Waals surface area contributed by atoms with Gasteiger partial charge in [-0.15, -0.1) is 11.3 Å². The summed E-state index contributed by atoms with van der Waals surface area (Å²) < 4.78 is 5.93. The van der Waals surface area contributed by atoms with Crippen molar-refractivity contribution >= 4 is 27.4 Å². The number of hydrogen-bond donors (Lipinski definition) is 0. The highest BCUT2D eigenvalue weighted by molar-refractivity contribution is 7.21. The normalized spacial score (nSPS) is 10.7. The molecule has 0 aliphatic rings. The molecule has 0 N–H and O–H groups in total. The molecule has 1 aromatic heterocycles. The topological polar surface area (TPSA) is 26.3 Å². The molecule has 20 heavy (non-hydrogen) atoms. The van der Waals surface area contributed by atoms with Gasteiger partial charge in [-0.2, -0.15) is 0 Å². The Labute approximate surface area is 121 Å². The molecule has 3 rings (SSSR count). The van der Waals surface area contributed by atoms with Gasteiger partial charge < -0.3 is 4.74 Å². The van der Waals surface area contributed by atoms with Crippen LogP contribution in [0.1, 0.15) is 15.2 Å². The van der Waals surface area contributed by atoms with E-state index in [0.29, 0.717) is 4.88 Å². The van der Waals surface area contributed by atoms with Crippen molar-refractivity contribution in [3.8, 4) is 11.1 Å². The number of fused-ring (bicyclic) bond motifs is 1. The van der Waals surface area contributed by atoms with Gasteiger partial charge in [0.15, 0.2) is 0 Å². The summed E-state index contributed by atoms with van der Waals surface area (Å²) in [5, 5.41) is 1.08. The standard InChI is InChI=1S/C17H14O2S/c1-11-6-3-4-8-13(11)14-9-5-7-12-10-15(17(18)19-2)20-16(12)14/h3-10H,1-2H3. The molecule has 3 aromatic rings. The fourth-order valence-corrected chi connectivity index (χ4v) is 3.46. The zero-order chi connectivity index (χ0) is 14.1. The van der Waals surface area contributed by atoms with Gasteiger partial charge in [-0.3, -0.25) is 0 Å². The van der Waals surface area contributed by atoms with E-state index in [-0.39, 0.29) is 5.97 Å². The maximum absolute atomic E-state index is 11.7. The second kappa shape index (κ2) is 5.10. The zero-order valence-corrected chi connectivity index (χ0v) is 12.2. The SMILES string of the molecule is COC(=O)c1cc2cccc(-c3ccccc3C)c2s1. The lowest BCUT2D eigenvalue weighted by molar-refractivity contribution is 0.0606. The highest BCUT2D eigenvalue weighted by Crippen LogP contribution is 2.36. The molecule has 1 heterocycles. The first kappa shape index (κ1) is 12.9. The minimum Gasteiger partial charge on any atom is -0.465 e. The van der Waals surface area contributed by atoms with Gasteiger partial charge in [-0.1, -0.05) is 42.5 Å². The van der Waals surface area contributed by atoms with Crippen molar-refractivity contribution in [2.24, 2.45) is 0 Å². The van der Waals surface area contributed by atoms with Crippen LogP contribution in [0.3, 0.4) is 0 Å². The van der Waals surface area contributed by atoms with Crippen molar-refractivity contribution in [1.29, 1.82) is 0 Å². The smallest absolute Gasteiger partial charge is 0.348 e. The molecule has 0 bridgehead atoms. The second-order valence-electron chi connectivity index (χ2n) is 4.64. The van der Waals surface area contributed by atoms with Gasteiger partial charge in [0.25, 0.3) is 0 Å². The number of carbonyl (C=O) groups is 1. The third-order valence-corrected chi connectivity index (χ3v) is 4.53. The molecule has 3 heteroatoms. The summed E-state index contributed by atoms with van der Waals surface area (Å²) in [6.45, 7) is 2.10. The maximum atomic E-state index is 11.7. The van der Waals surface area contributed by atoms with E-state index in [1.807, 2.05) is 30.3 Å². The molecule has 0 radical (unpaired) electrons. The number of aryl methyl sites for hydroxylation is 1. The average molecular weight is 282 g/mol. The van der Waals surface area contributed by atoms with E-state index in [9.17, 15) is 4.79 Å². The van der Waals surface area contributed by atoms with E-state index in [1.165, 1.54) is 35.1 Å². The molecule has 0 spiro atoms. The van der Waals surface area contributed by atoms with E-state index in [2.05, 4.69) is 25.1 Å². The number of thiophene rings is 1. The van der Waals surface area contributed by atoms with E-state index >= 15 is 0 Å². The summed E-state index contributed by atoms with van der Waals surface area (Å²) in [5.41, 5.74) is 3.60. The zero-order valence-electron chi connectivity index (χ0n) is 11.3. The minimum absolute atomic E-state index is 0.276. The Morgan fingerprint density at radius 3 is 2.55 bits per heavy atom. The van der Waals surface area contributed by atoms with Crippen LogP contribution in [0.25, 0.3) is 21.2 Å². The Morgan fingerprint density at radius 2 is 1.80 bits per heavy atom. The van der Waals surface area contributed by atoms with Gasteiger partial charge in [0.1, 0.15) is 4.88 Å². The summed E-state index contributed by atoms with van der Waals surface area (Å²) in [5.74, 6) is -0.276. The lowest BCUT2D eigenvalue weighted by atomic mass is 10.00. The van der Waals surface area contributed by atoms with Gasteiger partial charge in [0, 0.05) is 4.70 Å². The summed E-state index contributed by atoms with van der Waals surface area (Å²) >= 11 is 1.49. The quantitative estimate of drug-likeness (QED) is 0.639. The van der Waals surface area contributed by atoms with Crippen LogP contribution in [0, 0.1) is 6.92 Å². The lowest BCUT2D eigenvalue weighted by Gasteiger charge is -2.06. The van der Waals surface area contributed by atoms with Gasteiger partial charge in [-0.25, -0.2) is 4.79 Å². The first-order valence-corrected chi connectivity index (χ1v) is 7.19. The molecule has 0 saturated heterocycles. The first-order valence-electron chi connectivity index (χ1n) is 6.37. The number of carbonyl (C=O) groups excluding carboxylic acids is 1. The number of hydrogen-bond acceptors (Lipinski definition) is 3. The Balaban J connectivity index is 2.24. The molecular weight excluding hydrogens is 268 g/mol. The monoisotopic (exact) mass is 282 g/mol. The highest BCUT2D eigenvalue weighted by atomic mass is 32.1. The fourth-order valence-electron chi connectivity index (χ4n) is 2.35. The van der Waals surface area contributed by atoms with Crippen molar-refractivity contribution in [2.45, 2.75) is 6.92 Å². The van der Waals surface area contributed by atoms with E-state index in [1.54, 1.807) is 0 Å². The van der Waals surface area contributed by atoms with E-state index in [4.69, 9.17) is 4.74 Å². The van der Waals surface area contributed by atoms with Gasteiger partial charge in [0.2, 0.25) is 0 Å². The molecule has 0 aliphatic heterocycles. The predicted molar refractivity (Wildman–Crippen MR) is 83.3 cm³/mol. The Bertz CT molecular complexity index is 787. The second-order valence-corrected chi connectivity index (χ2v) is 5.69. The minimum atomic E-state index is -0.276. The van der Waals surface area contributed by atoms with Crippen molar-refractivity contribution in [1.82, 2.24) is 0 Å². The Hall–Kier alpha value is -2.13. The molecular formula is C17H14O2S. The van der Waals surface area contributed by atoms with Crippen molar-refractivity contribution in [3.63, 3.8) is 0 Å². The highest BCUT2D eigenvalue weighted by Gasteiger charge is 2.13. The molecule has 0 atom stereocenters. The molecule has 0 unspecified atom stereocenters. The first-order chi connectivity index (χ1) is 9.70.